The molecule has 0 heterocycles. The Bertz CT molecular complexity index is 115. The topological polar surface area (TPSA) is 66.8 Å². The molecule has 58 valence electrons. The average molecular weight is 259 g/mol. The number of rotatable bonds is 4. The van der Waals surface area contributed by atoms with Crippen molar-refractivity contribution < 1.29 is 18.9 Å². The van der Waals surface area contributed by atoms with Crippen LogP contribution in [0.4, 0.5) is 0 Å². The van der Waals surface area contributed by atoms with Crippen molar-refractivity contribution in [1.29, 1.82) is 0 Å². The molecule has 0 unspecified atom stereocenters. The van der Waals surface area contributed by atoms with Crippen molar-refractivity contribution in [2.75, 3.05) is 11.9 Å². The van der Waals surface area contributed by atoms with Crippen LogP contribution in [0.3, 0.4) is 0 Å². The van der Waals surface area contributed by atoms with Gasteiger partial charge in [-0.1, -0.05) is 15.9 Å². The first-order valence-electron chi connectivity index (χ1n) is 2.32. The second-order valence-electron chi connectivity index (χ2n) is 1.37. The van der Waals surface area contributed by atoms with E-state index >= 15 is 0 Å². The predicted octanol–water partition coefficient (Wildman–Crippen LogP) is 0.232. The molecule has 0 saturated carbocycles. The van der Waals surface area contributed by atoms with Crippen LogP contribution in [0, 0.1) is 0 Å². The molecule has 0 spiro atoms. The van der Waals surface area contributed by atoms with E-state index in [1.807, 2.05) is 0 Å². The van der Waals surface area contributed by atoms with Gasteiger partial charge in [-0.05, 0) is 6.42 Å². The van der Waals surface area contributed by atoms with Gasteiger partial charge >= 0.3 is 59.2 Å². The predicted molar refractivity (Wildman–Crippen MR) is 43.6 cm³/mol. The normalized spacial score (nSPS) is 10.7. The molecule has 0 radical (unpaired) electrons. The molecule has 4 nitrogen and oxygen atoms in total. The first-order chi connectivity index (χ1) is 4.06. The van der Waals surface area contributed by atoms with Crippen LogP contribution in [0.1, 0.15) is 6.42 Å². The zero-order valence-electron chi connectivity index (χ0n) is 4.66. The maximum atomic E-state index is 9.96. The van der Waals surface area contributed by atoms with Crippen molar-refractivity contribution in [2.45, 2.75) is 6.42 Å². The Morgan fingerprint density at radius 1 is 1.50 bits per heavy atom. The number of phosphoric acid groups is 1. The molecular formula is C3H9BrKO4P. The molecular weight excluding hydrogens is 250 g/mol. The summed E-state index contributed by atoms with van der Waals surface area (Å²) in [5, 5.41) is 0.688. The van der Waals surface area contributed by atoms with Crippen LogP contribution in [-0.4, -0.2) is 73.1 Å². The molecule has 0 rings (SSSR count). The summed E-state index contributed by atoms with van der Waals surface area (Å²) in [6.45, 7) is 0.0928. The minimum absolute atomic E-state index is 0. The molecule has 0 aliphatic carbocycles. The average Bonchev–Trinajstić information content (AvgIpc) is 1.63. The molecule has 0 saturated heterocycles. The summed E-state index contributed by atoms with van der Waals surface area (Å²) in [6, 6.07) is 0. The van der Waals surface area contributed by atoms with Crippen LogP contribution in [-0.2, 0) is 9.09 Å². The fourth-order valence-corrected chi connectivity index (χ4v) is 0.834. The molecule has 0 aliphatic heterocycles. The van der Waals surface area contributed by atoms with E-state index in [4.69, 9.17) is 9.79 Å². The van der Waals surface area contributed by atoms with Crippen molar-refractivity contribution in [3.05, 3.63) is 0 Å². The molecule has 7 heteroatoms. The van der Waals surface area contributed by atoms with E-state index in [0.717, 1.165) is 0 Å². The molecule has 0 aromatic rings. The molecule has 0 aromatic carbocycles. The van der Waals surface area contributed by atoms with E-state index in [1.54, 1.807) is 0 Å². The number of alkyl halides is 1. The van der Waals surface area contributed by atoms with Gasteiger partial charge in [-0.3, -0.25) is 4.52 Å². The summed E-state index contributed by atoms with van der Waals surface area (Å²) in [5.74, 6) is 0. The van der Waals surface area contributed by atoms with Gasteiger partial charge in [0.25, 0.3) is 0 Å². The molecule has 0 aliphatic rings. The monoisotopic (exact) mass is 258 g/mol. The fraction of sp³-hybridized carbons (Fsp3) is 1.00. The molecule has 0 fully saturated rings. The number of hydrogen-bond donors (Lipinski definition) is 2. The number of halogens is 1. The third-order valence-electron chi connectivity index (χ3n) is 0.537. The Morgan fingerprint density at radius 2 is 2.00 bits per heavy atom. The van der Waals surface area contributed by atoms with Gasteiger partial charge in [0.2, 0.25) is 0 Å². The van der Waals surface area contributed by atoms with Gasteiger partial charge in [0, 0.05) is 5.33 Å². The van der Waals surface area contributed by atoms with Crippen molar-refractivity contribution >= 4 is 75.1 Å². The van der Waals surface area contributed by atoms with Crippen molar-refractivity contribution in [2.24, 2.45) is 0 Å². The Labute approximate surface area is 111 Å². The van der Waals surface area contributed by atoms with Crippen LogP contribution in [0.5, 0.6) is 0 Å². The number of phosphoric ester groups is 1. The third-order valence-corrected chi connectivity index (χ3v) is 1.62. The second-order valence-corrected chi connectivity index (χ2v) is 3.40. The van der Waals surface area contributed by atoms with Crippen LogP contribution in [0.2, 0.25) is 0 Å². The Balaban J connectivity index is 0. The van der Waals surface area contributed by atoms with E-state index in [0.29, 0.717) is 11.8 Å². The van der Waals surface area contributed by atoms with Gasteiger partial charge in [0.1, 0.15) is 0 Å². The van der Waals surface area contributed by atoms with Gasteiger partial charge in [-0.2, -0.15) is 0 Å². The summed E-state index contributed by atoms with van der Waals surface area (Å²) >= 11 is 3.08. The summed E-state index contributed by atoms with van der Waals surface area (Å²) in [7, 11) is -4.22. The SMILES string of the molecule is O=P(O)(O)OCCCBr.[KH]. The number of hydrogen-bond acceptors (Lipinski definition) is 2. The summed E-state index contributed by atoms with van der Waals surface area (Å²) in [4.78, 5) is 16.2. The van der Waals surface area contributed by atoms with Crippen LogP contribution >= 0.6 is 23.8 Å². The third kappa shape index (κ3) is 12.9. The van der Waals surface area contributed by atoms with Crippen molar-refractivity contribution in [1.82, 2.24) is 0 Å². The first-order valence-corrected chi connectivity index (χ1v) is 4.97. The van der Waals surface area contributed by atoms with Gasteiger partial charge in [0.15, 0.2) is 0 Å². The summed E-state index contributed by atoms with van der Waals surface area (Å²) in [5.41, 5.74) is 0. The minimum atomic E-state index is -4.22. The van der Waals surface area contributed by atoms with Crippen molar-refractivity contribution in [3.63, 3.8) is 0 Å². The Kier molecular flexibility index (Phi) is 11.6. The van der Waals surface area contributed by atoms with Gasteiger partial charge in [-0.15, -0.1) is 0 Å². The first kappa shape index (κ1) is 14.7. The summed E-state index contributed by atoms with van der Waals surface area (Å²) < 4.78 is 14.1. The van der Waals surface area contributed by atoms with Gasteiger partial charge < -0.3 is 9.79 Å². The Morgan fingerprint density at radius 3 is 2.30 bits per heavy atom. The zero-order valence-corrected chi connectivity index (χ0v) is 7.14. The maximum absolute atomic E-state index is 9.96. The van der Waals surface area contributed by atoms with Crippen LogP contribution in [0.15, 0.2) is 0 Å². The van der Waals surface area contributed by atoms with Gasteiger partial charge in [-0.25, -0.2) is 4.57 Å². The molecule has 2 N–H and O–H groups in total. The van der Waals surface area contributed by atoms with E-state index in [1.165, 1.54) is 0 Å². The molecule has 0 aromatic heterocycles. The van der Waals surface area contributed by atoms with E-state index in [-0.39, 0.29) is 58.0 Å². The zero-order chi connectivity index (χ0) is 7.33. The molecule has 10 heavy (non-hydrogen) atoms. The summed E-state index contributed by atoms with van der Waals surface area (Å²) in [6.07, 6.45) is 0.602. The van der Waals surface area contributed by atoms with Crippen LogP contribution < -0.4 is 0 Å². The molecule has 0 atom stereocenters. The quantitative estimate of drug-likeness (QED) is 0.328. The van der Waals surface area contributed by atoms with Crippen LogP contribution in [0.25, 0.3) is 0 Å². The van der Waals surface area contributed by atoms with E-state index in [9.17, 15) is 4.57 Å². The van der Waals surface area contributed by atoms with E-state index < -0.39 is 7.82 Å². The van der Waals surface area contributed by atoms with Gasteiger partial charge in [0.05, 0.1) is 6.61 Å². The van der Waals surface area contributed by atoms with Crippen molar-refractivity contribution in [3.8, 4) is 0 Å². The standard InChI is InChI=1S/C3H8BrO4P.K.H/c4-2-1-3-8-9(5,6)7;;/h1-3H2,(H2,5,6,7);;. The molecule has 0 bridgehead atoms. The molecule has 0 amide bonds. The second kappa shape index (κ2) is 7.85. The fourth-order valence-electron chi connectivity index (χ4n) is 0.238. The Hall–Kier alpha value is 2.23. The van der Waals surface area contributed by atoms with E-state index in [2.05, 4.69) is 20.5 Å².